The van der Waals surface area contributed by atoms with Crippen molar-refractivity contribution >= 4 is 40.4 Å². The molecule has 92 valence electrons. The maximum absolute atomic E-state index is 11.5. The van der Waals surface area contributed by atoms with Gasteiger partial charge in [0, 0.05) is 0 Å². The number of hydrogen-bond acceptors (Lipinski definition) is 4. The van der Waals surface area contributed by atoms with Crippen molar-refractivity contribution in [1.29, 1.82) is 0 Å². The number of nitrogens with two attached hydrogens (primary N) is 1. The molecule has 1 aromatic heterocycles. The van der Waals surface area contributed by atoms with Crippen LogP contribution in [-0.2, 0) is 9.59 Å². The lowest BCUT2D eigenvalue weighted by molar-refractivity contribution is -0.139. The Morgan fingerprint density at radius 2 is 2.24 bits per heavy atom. The van der Waals surface area contributed by atoms with Crippen LogP contribution in [0.15, 0.2) is 16.8 Å². The molecule has 4 N–H and O–H groups in total. The topological polar surface area (TPSA) is 84.2 Å². The Hall–Kier alpha value is -1.47. The fourth-order valence-corrected chi connectivity index (χ4v) is 1.94. The minimum Gasteiger partial charge on any atom is -0.392 e. The van der Waals surface area contributed by atoms with Gasteiger partial charge in [-0.25, -0.2) is 0 Å². The second kappa shape index (κ2) is 6.31. The van der Waals surface area contributed by atoms with Crippen molar-refractivity contribution in [3.63, 3.8) is 0 Å². The second-order valence-corrected chi connectivity index (χ2v) is 4.71. The van der Waals surface area contributed by atoms with Crippen LogP contribution < -0.4 is 16.4 Å². The minimum atomic E-state index is -0.736. The van der Waals surface area contributed by atoms with Gasteiger partial charge < -0.3 is 16.4 Å². The Kier molecular flexibility index (Phi) is 5.05. The van der Waals surface area contributed by atoms with E-state index in [4.69, 9.17) is 5.73 Å². The summed E-state index contributed by atoms with van der Waals surface area (Å²) in [6.07, 6.45) is 0. The van der Waals surface area contributed by atoms with Gasteiger partial charge >= 0.3 is 11.8 Å². The molecule has 5 nitrogen and oxygen atoms in total. The van der Waals surface area contributed by atoms with Crippen LogP contribution in [0.25, 0.3) is 0 Å². The maximum Gasteiger partial charge on any atom is 0.309 e. The van der Waals surface area contributed by atoms with E-state index >= 15 is 0 Å². The summed E-state index contributed by atoms with van der Waals surface area (Å²) >= 11 is 6.12. The van der Waals surface area contributed by atoms with Crippen LogP contribution in [-0.4, -0.2) is 23.3 Å². The highest BCUT2D eigenvalue weighted by Crippen LogP contribution is 2.15. The first-order valence-corrected chi connectivity index (χ1v) is 6.25. The van der Waals surface area contributed by atoms with E-state index in [1.54, 1.807) is 6.92 Å². The van der Waals surface area contributed by atoms with E-state index in [0.717, 1.165) is 5.56 Å². The first-order chi connectivity index (χ1) is 8.00. The first-order valence-electron chi connectivity index (χ1n) is 4.89. The number of amides is 2. The largest absolute Gasteiger partial charge is 0.392 e. The highest BCUT2D eigenvalue weighted by molar-refractivity contribution is 7.80. The zero-order valence-electron chi connectivity index (χ0n) is 9.23. The van der Waals surface area contributed by atoms with E-state index in [-0.39, 0.29) is 17.6 Å². The molecule has 1 atom stereocenters. The van der Waals surface area contributed by atoms with Crippen molar-refractivity contribution in [1.82, 2.24) is 10.6 Å². The Morgan fingerprint density at radius 1 is 1.53 bits per heavy atom. The van der Waals surface area contributed by atoms with E-state index in [1.807, 2.05) is 16.8 Å². The molecule has 0 radical (unpaired) electrons. The van der Waals surface area contributed by atoms with Crippen LogP contribution in [0.3, 0.4) is 0 Å². The summed E-state index contributed by atoms with van der Waals surface area (Å²) < 4.78 is 0. The Bertz CT molecular complexity index is 417. The Labute approximate surface area is 108 Å². The van der Waals surface area contributed by atoms with Gasteiger partial charge in [0.2, 0.25) is 0 Å². The second-order valence-electron chi connectivity index (χ2n) is 3.40. The lowest BCUT2D eigenvalue weighted by atomic mass is 10.2. The molecule has 7 heteroatoms. The summed E-state index contributed by atoms with van der Waals surface area (Å²) in [6, 6.07) is 1.69. The summed E-state index contributed by atoms with van der Waals surface area (Å²) in [6.45, 7) is 1.83. The van der Waals surface area contributed by atoms with Crippen LogP contribution in [0.2, 0.25) is 0 Å². The number of carbonyl (C=O) groups is 2. The number of carbonyl (C=O) groups excluding carboxylic acids is 2. The van der Waals surface area contributed by atoms with Gasteiger partial charge in [0.15, 0.2) is 0 Å². The average Bonchev–Trinajstić information content (AvgIpc) is 2.78. The number of hydrogen-bond donors (Lipinski definition) is 3. The average molecular weight is 271 g/mol. The number of thiophene rings is 1. The Balaban J connectivity index is 2.43. The fourth-order valence-electron chi connectivity index (χ4n) is 1.11. The molecule has 0 spiro atoms. The third-order valence-corrected chi connectivity index (χ3v) is 2.87. The molecule has 0 aliphatic carbocycles. The molecule has 0 saturated carbocycles. The van der Waals surface area contributed by atoms with Crippen molar-refractivity contribution in [3.8, 4) is 0 Å². The molecule has 0 aliphatic rings. The standard InChI is InChI=1S/C10H13N3O2S2/c1-6(7-2-3-17-5-7)13-10(15)9(14)12-4-8(11)16/h2-3,5-6H,4H2,1H3,(H2,11,16)(H,12,14)(H,13,15). The molecule has 0 fully saturated rings. The first kappa shape index (κ1) is 13.6. The van der Waals surface area contributed by atoms with Gasteiger partial charge in [-0.05, 0) is 29.3 Å². The molecule has 0 bridgehead atoms. The highest BCUT2D eigenvalue weighted by atomic mass is 32.1. The zero-order chi connectivity index (χ0) is 12.8. The molecule has 2 amide bonds. The molecule has 0 aliphatic heterocycles. The summed E-state index contributed by atoms with van der Waals surface area (Å²) in [5.74, 6) is -1.43. The van der Waals surface area contributed by atoms with E-state index < -0.39 is 11.8 Å². The van der Waals surface area contributed by atoms with Gasteiger partial charge in [-0.15, -0.1) is 0 Å². The van der Waals surface area contributed by atoms with Crippen molar-refractivity contribution in [3.05, 3.63) is 22.4 Å². The van der Waals surface area contributed by atoms with E-state index in [0.29, 0.717) is 0 Å². The van der Waals surface area contributed by atoms with Gasteiger partial charge in [0.05, 0.1) is 17.6 Å². The smallest absolute Gasteiger partial charge is 0.309 e. The van der Waals surface area contributed by atoms with Crippen molar-refractivity contribution in [2.45, 2.75) is 13.0 Å². The van der Waals surface area contributed by atoms with Crippen LogP contribution in [0, 0.1) is 0 Å². The van der Waals surface area contributed by atoms with Crippen molar-refractivity contribution < 1.29 is 9.59 Å². The molecule has 1 aromatic rings. The third-order valence-electron chi connectivity index (χ3n) is 2.02. The van der Waals surface area contributed by atoms with E-state index in [1.165, 1.54) is 11.3 Å². The van der Waals surface area contributed by atoms with Crippen LogP contribution in [0.1, 0.15) is 18.5 Å². The maximum atomic E-state index is 11.5. The lowest BCUT2D eigenvalue weighted by Crippen LogP contribution is -2.43. The van der Waals surface area contributed by atoms with Gasteiger partial charge in [-0.1, -0.05) is 12.2 Å². The Morgan fingerprint density at radius 3 is 2.76 bits per heavy atom. The molecular formula is C10H13N3O2S2. The summed E-state index contributed by atoms with van der Waals surface area (Å²) in [5, 5.41) is 8.72. The molecule has 1 unspecified atom stereocenters. The number of rotatable bonds is 4. The number of nitrogens with one attached hydrogen (secondary N) is 2. The minimum absolute atomic E-state index is 0.0222. The van der Waals surface area contributed by atoms with Gasteiger partial charge in [-0.2, -0.15) is 11.3 Å². The predicted octanol–water partition coefficient (Wildman–Crippen LogP) is 0.328. The number of thiocarbonyl (C=S) groups is 1. The summed E-state index contributed by atoms with van der Waals surface area (Å²) in [7, 11) is 0. The third kappa shape index (κ3) is 4.49. The molecule has 0 aromatic carbocycles. The van der Waals surface area contributed by atoms with Crippen LogP contribution in [0.5, 0.6) is 0 Å². The summed E-state index contributed by atoms with van der Waals surface area (Å²) in [4.78, 5) is 22.9. The fraction of sp³-hybridized carbons (Fsp3) is 0.300. The van der Waals surface area contributed by atoms with Gasteiger partial charge in [-0.3, -0.25) is 9.59 Å². The molecular weight excluding hydrogens is 258 g/mol. The van der Waals surface area contributed by atoms with Gasteiger partial charge in [0.25, 0.3) is 0 Å². The zero-order valence-corrected chi connectivity index (χ0v) is 10.9. The van der Waals surface area contributed by atoms with Crippen molar-refractivity contribution in [2.24, 2.45) is 5.73 Å². The van der Waals surface area contributed by atoms with Crippen LogP contribution in [0.4, 0.5) is 0 Å². The predicted molar refractivity (Wildman–Crippen MR) is 70.7 cm³/mol. The van der Waals surface area contributed by atoms with Crippen LogP contribution >= 0.6 is 23.6 Å². The molecule has 1 heterocycles. The normalized spacial score (nSPS) is 11.6. The molecule has 1 rings (SSSR count). The van der Waals surface area contributed by atoms with Gasteiger partial charge in [0.1, 0.15) is 0 Å². The lowest BCUT2D eigenvalue weighted by Gasteiger charge is -2.12. The van der Waals surface area contributed by atoms with E-state index in [9.17, 15) is 9.59 Å². The van der Waals surface area contributed by atoms with E-state index in [2.05, 4.69) is 22.9 Å². The molecule has 17 heavy (non-hydrogen) atoms. The van der Waals surface area contributed by atoms with Crippen molar-refractivity contribution in [2.75, 3.05) is 6.54 Å². The molecule has 0 saturated heterocycles. The SMILES string of the molecule is CC(NC(=O)C(=O)NCC(N)=S)c1ccsc1. The monoisotopic (exact) mass is 271 g/mol. The quantitative estimate of drug-likeness (QED) is 0.544. The summed E-state index contributed by atoms with van der Waals surface area (Å²) in [5.41, 5.74) is 6.17. The highest BCUT2D eigenvalue weighted by Gasteiger charge is 2.16.